The van der Waals surface area contributed by atoms with Gasteiger partial charge in [0.25, 0.3) is 0 Å². The van der Waals surface area contributed by atoms with Crippen LogP contribution in [0.25, 0.3) is 0 Å². The maximum atomic E-state index is 11.8. The number of rotatable bonds is 1. The molecule has 0 aliphatic heterocycles. The highest BCUT2D eigenvalue weighted by Gasteiger charge is 2.69. The second-order valence-electron chi connectivity index (χ2n) is 2.64. The molecule has 0 amide bonds. The average Bonchev–Trinajstić information content (AvgIpc) is 2.41. The molecule has 72 valence electrons. The molecule has 1 fully saturated rings. The molecular formula is C5H7ClF3NO2. The van der Waals surface area contributed by atoms with Crippen molar-refractivity contribution in [2.24, 2.45) is 11.7 Å². The van der Waals surface area contributed by atoms with E-state index in [-0.39, 0.29) is 12.4 Å². The molecule has 1 rings (SSSR count). The maximum Gasteiger partial charge on any atom is 0.394 e. The summed E-state index contributed by atoms with van der Waals surface area (Å²) in [7, 11) is 0. The summed E-state index contributed by atoms with van der Waals surface area (Å²) in [6, 6.07) is 0. The van der Waals surface area contributed by atoms with Gasteiger partial charge in [0, 0.05) is 0 Å². The first-order valence-electron chi connectivity index (χ1n) is 2.87. The van der Waals surface area contributed by atoms with Crippen molar-refractivity contribution in [3.8, 4) is 0 Å². The molecule has 0 aromatic carbocycles. The Bertz CT molecular complexity index is 207. The first-order valence-corrected chi connectivity index (χ1v) is 2.87. The number of carboxylic acids is 1. The highest BCUT2D eigenvalue weighted by molar-refractivity contribution is 5.85. The number of nitrogens with two attached hydrogens (primary N) is 1. The number of carbonyl (C=O) groups is 1. The van der Waals surface area contributed by atoms with Crippen molar-refractivity contribution in [2.45, 2.75) is 18.1 Å². The first kappa shape index (κ1) is 11.5. The predicted molar refractivity (Wildman–Crippen MR) is 36.0 cm³/mol. The lowest BCUT2D eigenvalue weighted by Crippen LogP contribution is -2.38. The number of hydrogen-bond donors (Lipinski definition) is 2. The van der Waals surface area contributed by atoms with Gasteiger partial charge in [0.1, 0.15) is 5.54 Å². The van der Waals surface area contributed by atoms with Crippen LogP contribution in [-0.4, -0.2) is 22.8 Å². The monoisotopic (exact) mass is 205 g/mol. The Hall–Kier alpha value is -0.490. The molecular weight excluding hydrogens is 199 g/mol. The van der Waals surface area contributed by atoms with Crippen molar-refractivity contribution in [3.05, 3.63) is 0 Å². The summed E-state index contributed by atoms with van der Waals surface area (Å²) in [6.07, 6.45) is -4.99. The van der Waals surface area contributed by atoms with E-state index in [2.05, 4.69) is 0 Å². The zero-order chi connectivity index (χ0) is 8.86. The van der Waals surface area contributed by atoms with Crippen LogP contribution < -0.4 is 5.73 Å². The largest absolute Gasteiger partial charge is 0.480 e. The number of aliphatic carboxylic acids is 1. The van der Waals surface area contributed by atoms with Gasteiger partial charge in [0.2, 0.25) is 0 Å². The molecule has 1 saturated carbocycles. The minimum atomic E-state index is -4.48. The zero-order valence-electron chi connectivity index (χ0n) is 5.76. The van der Waals surface area contributed by atoms with Crippen molar-refractivity contribution in [2.75, 3.05) is 0 Å². The fourth-order valence-electron chi connectivity index (χ4n) is 0.923. The molecule has 3 nitrogen and oxygen atoms in total. The second kappa shape index (κ2) is 2.77. The summed E-state index contributed by atoms with van der Waals surface area (Å²) < 4.78 is 35.3. The molecule has 0 aromatic rings. The second-order valence-corrected chi connectivity index (χ2v) is 2.64. The molecule has 2 atom stereocenters. The molecule has 0 bridgehead atoms. The quantitative estimate of drug-likeness (QED) is 0.665. The van der Waals surface area contributed by atoms with Crippen LogP contribution in [0.2, 0.25) is 0 Å². The summed E-state index contributed by atoms with van der Waals surface area (Å²) in [5.74, 6) is -3.45. The Morgan fingerprint density at radius 3 is 2.08 bits per heavy atom. The third-order valence-corrected chi connectivity index (χ3v) is 1.80. The Morgan fingerprint density at radius 2 is 2.00 bits per heavy atom. The van der Waals surface area contributed by atoms with E-state index in [9.17, 15) is 18.0 Å². The molecule has 0 radical (unpaired) electrons. The highest BCUT2D eigenvalue weighted by atomic mass is 35.5. The molecule has 1 aliphatic carbocycles. The summed E-state index contributed by atoms with van der Waals surface area (Å²) in [5, 5.41) is 8.22. The predicted octanol–water partition coefficient (Wildman–Crippen LogP) is 0.772. The lowest BCUT2D eigenvalue weighted by molar-refractivity contribution is -0.161. The topological polar surface area (TPSA) is 63.3 Å². The van der Waals surface area contributed by atoms with Gasteiger partial charge in [0.05, 0.1) is 5.92 Å². The summed E-state index contributed by atoms with van der Waals surface area (Å²) in [6.45, 7) is 0. The SMILES string of the molecule is Cl.N[C@@]1(C(=O)O)C[C@H]1C(F)(F)F. The van der Waals surface area contributed by atoms with E-state index in [0.29, 0.717) is 0 Å². The molecule has 3 N–H and O–H groups in total. The van der Waals surface area contributed by atoms with Crippen LogP contribution in [0.5, 0.6) is 0 Å². The van der Waals surface area contributed by atoms with E-state index >= 15 is 0 Å². The first-order chi connectivity index (χ1) is 4.78. The molecule has 7 heteroatoms. The maximum absolute atomic E-state index is 11.8. The Labute approximate surface area is 72.1 Å². The summed E-state index contributed by atoms with van der Waals surface area (Å²) in [4.78, 5) is 10.1. The standard InChI is InChI=1S/C5H6F3NO2.ClH/c6-5(7,8)2-1-4(2,9)3(10)11;/h2H,1,9H2,(H,10,11);1H/t2-,4+;/m1./s1. The van der Waals surface area contributed by atoms with Gasteiger partial charge in [-0.15, -0.1) is 12.4 Å². The third-order valence-electron chi connectivity index (χ3n) is 1.80. The van der Waals surface area contributed by atoms with Gasteiger partial charge in [-0.2, -0.15) is 13.2 Å². The summed E-state index contributed by atoms with van der Waals surface area (Å²) in [5.41, 5.74) is 2.84. The van der Waals surface area contributed by atoms with Crippen LogP contribution in [0.1, 0.15) is 6.42 Å². The van der Waals surface area contributed by atoms with Crippen molar-refractivity contribution < 1.29 is 23.1 Å². The minimum absolute atomic E-state index is 0. The van der Waals surface area contributed by atoms with E-state index in [1.54, 1.807) is 0 Å². The van der Waals surface area contributed by atoms with E-state index < -0.39 is 30.0 Å². The number of hydrogen-bond acceptors (Lipinski definition) is 2. The molecule has 0 heterocycles. The van der Waals surface area contributed by atoms with E-state index in [0.717, 1.165) is 0 Å². The Kier molecular flexibility index (Phi) is 2.66. The average molecular weight is 206 g/mol. The van der Waals surface area contributed by atoms with E-state index in [1.165, 1.54) is 0 Å². The van der Waals surface area contributed by atoms with Gasteiger partial charge >= 0.3 is 12.1 Å². The van der Waals surface area contributed by atoms with Crippen molar-refractivity contribution in [1.82, 2.24) is 0 Å². The van der Waals surface area contributed by atoms with Crippen molar-refractivity contribution in [3.63, 3.8) is 0 Å². The molecule has 0 unspecified atom stereocenters. The molecule has 12 heavy (non-hydrogen) atoms. The van der Waals surface area contributed by atoms with Gasteiger partial charge in [-0.05, 0) is 6.42 Å². The molecule has 0 aromatic heterocycles. The third kappa shape index (κ3) is 1.64. The van der Waals surface area contributed by atoms with Crippen LogP contribution in [0.3, 0.4) is 0 Å². The normalized spacial score (nSPS) is 33.8. The van der Waals surface area contributed by atoms with Gasteiger partial charge in [0.15, 0.2) is 0 Å². The lowest BCUT2D eigenvalue weighted by Gasteiger charge is -2.07. The minimum Gasteiger partial charge on any atom is -0.480 e. The van der Waals surface area contributed by atoms with Crippen molar-refractivity contribution >= 4 is 18.4 Å². The van der Waals surface area contributed by atoms with Crippen molar-refractivity contribution in [1.29, 1.82) is 0 Å². The smallest absolute Gasteiger partial charge is 0.394 e. The number of alkyl halides is 3. The highest BCUT2D eigenvalue weighted by Crippen LogP contribution is 2.51. The Morgan fingerprint density at radius 1 is 1.58 bits per heavy atom. The van der Waals surface area contributed by atoms with Crippen LogP contribution in [0, 0.1) is 5.92 Å². The van der Waals surface area contributed by atoms with E-state index in [4.69, 9.17) is 10.8 Å². The van der Waals surface area contributed by atoms with Crippen LogP contribution in [0.4, 0.5) is 13.2 Å². The number of halogens is 4. The fourth-order valence-corrected chi connectivity index (χ4v) is 0.923. The molecule has 0 spiro atoms. The molecule has 0 saturated heterocycles. The van der Waals surface area contributed by atoms with Crippen LogP contribution >= 0.6 is 12.4 Å². The summed E-state index contributed by atoms with van der Waals surface area (Å²) >= 11 is 0. The Balaban J connectivity index is 0.00000121. The van der Waals surface area contributed by atoms with Gasteiger partial charge < -0.3 is 10.8 Å². The van der Waals surface area contributed by atoms with Crippen LogP contribution in [-0.2, 0) is 4.79 Å². The zero-order valence-corrected chi connectivity index (χ0v) is 6.58. The van der Waals surface area contributed by atoms with E-state index in [1.807, 2.05) is 0 Å². The van der Waals surface area contributed by atoms with Gasteiger partial charge in [-0.3, -0.25) is 4.79 Å². The van der Waals surface area contributed by atoms with Gasteiger partial charge in [-0.1, -0.05) is 0 Å². The number of carboxylic acid groups (broad SMARTS) is 1. The van der Waals surface area contributed by atoms with Crippen LogP contribution in [0.15, 0.2) is 0 Å². The fraction of sp³-hybridized carbons (Fsp3) is 0.800. The molecule has 1 aliphatic rings. The van der Waals surface area contributed by atoms with Gasteiger partial charge in [-0.25, -0.2) is 0 Å². The lowest BCUT2D eigenvalue weighted by atomic mass is 10.2.